The van der Waals surface area contributed by atoms with Gasteiger partial charge in [0.05, 0.1) is 0 Å². The minimum atomic E-state index is 0.193. The Bertz CT molecular complexity index is 232. The lowest BCUT2D eigenvalue weighted by Crippen LogP contribution is -2.36. The summed E-state index contributed by atoms with van der Waals surface area (Å²) < 4.78 is 0. The van der Waals surface area contributed by atoms with E-state index in [1.54, 1.807) is 0 Å². The third-order valence-corrected chi connectivity index (χ3v) is 3.82. The number of hydrogen-bond acceptors (Lipinski definition) is 2. The van der Waals surface area contributed by atoms with Crippen LogP contribution in [0.25, 0.3) is 0 Å². The van der Waals surface area contributed by atoms with E-state index in [0.717, 1.165) is 25.7 Å². The average molecular weight is 240 g/mol. The Balaban J connectivity index is 2.20. The summed E-state index contributed by atoms with van der Waals surface area (Å²) in [6, 6.07) is 0.439. The molecule has 0 aromatic rings. The van der Waals surface area contributed by atoms with Crippen molar-refractivity contribution in [2.75, 3.05) is 6.54 Å². The lowest BCUT2D eigenvalue weighted by atomic mass is 9.84. The van der Waals surface area contributed by atoms with E-state index in [4.69, 9.17) is 5.73 Å². The van der Waals surface area contributed by atoms with Gasteiger partial charge in [0.15, 0.2) is 0 Å². The van der Waals surface area contributed by atoms with Crippen LogP contribution in [0, 0.1) is 5.41 Å². The standard InChI is InChI=1S/C14H28N2O/c1-14(2,10-11-15)9-8-13(17)16-12-6-4-3-5-7-12/h12H,3-11,15H2,1-2H3,(H,16,17). The molecule has 3 nitrogen and oxygen atoms in total. The zero-order valence-corrected chi connectivity index (χ0v) is 11.4. The highest BCUT2D eigenvalue weighted by Crippen LogP contribution is 2.26. The van der Waals surface area contributed by atoms with E-state index in [1.165, 1.54) is 19.3 Å². The molecule has 3 heteroatoms. The van der Waals surface area contributed by atoms with Gasteiger partial charge in [0, 0.05) is 12.5 Å². The Hall–Kier alpha value is -0.570. The van der Waals surface area contributed by atoms with E-state index in [0.29, 0.717) is 19.0 Å². The number of amides is 1. The summed E-state index contributed by atoms with van der Waals surface area (Å²) in [5, 5.41) is 3.16. The maximum atomic E-state index is 11.8. The third kappa shape index (κ3) is 6.06. The molecule has 0 spiro atoms. The first kappa shape index (κ1) is 14.5. The van der Waals surface area contributed by atoms with Crippen molar-refractivity contribution in [3.63, 3.8) is 0 Å². The van der Waals surface area contributed by atoms with Crippen LogP contribution in [0.4, 0.5) is 0 Å². The summed E-state index contributed by atoms with van der Waals surface area (Å²) in [7, 11) is 0. The highest BCUT2D eigenvalue weighted by atomic mass is 16.1. The number of nitrogens with two attached hydrogens (primary N) is 1. The van der Waals surface area contributed by atoms with E-state index >= 15 is 0 Å². The molecule has 0 aromatic carbocycles. The average Bonchev–Trinajstić information content (AvgIpc) is 2.28. The fourth-order valence-electron chi connectivity index (χ4n) is 2.51. The highest BCUT2D eigenvalue weighted by molar-refractivity contribution is 5.76. The Labute approximate surface area is 106 Å². The van der Waals surface area contributed by atoms with Crippen LogP contribution in [0.3, 0.4) is 0 Å². The molecule has 0 saturated heterocycles. The number of rotatable bonds is 6. The monoisotopic (exact) mass is 240 g/mol. The van der Waals surface area contributed by atoms with Crippen molar-refractivity contribution >= 4 is 5.91 Å². The van der Waals surface area contributed by atoms with Crippen LogP contribution < -0.4 is 11.1 Å². The normalized spacial score (nSPS) is 18.1. The summed E-state index contributed by atoms with van der Waals surface area (Å²) in [6.07, 6.45) is 8.76. The second-order valence-electron chi connectivity index (χ2n) is 6.11. The molecule has 1 rings (SSSR count). The molecule has 0 unspecified atom stereocenters. The first-order valence-corrected chi connectivity index (χ1v) is 7.03. The van der Waals surface area contributed by atoms with Crippen LogP contribution in [-0.4, -0.2) is 18.5 Å². The van der Waals surface area contributed by atoms with Crippen LogP contribution in [0.5, 0.6) is 0 Å². The van der Waals surface area contributed by atoms with Crippen molar-refractivity contribution in [1.82, 2.24) is 5.32 Å². The van der Waals surface area contributed by atoms with Gasteiger partial charge in [-0.1, -0.05) is 33.1 Å². The summed E-state index contributed by atoms with van der Waals surface area (Å²) in [6.45, 7) is 5.08. The quantitative estimate of drug-likeness (QED) is 0.750. The molecule has 17 heavy (non-hydrogen) atoms. The summed E-state index contributed by atoms with van der Waals surface area (Å²) >= 11 is 0. The molecule has 1 saturated carbocycles. The van der Waals surface area contributed by atoms with Gasteiger partial charge < -0.3 is 11.1 Å². The molecule has 1 aliphatic rings. The molecule has 0 aliphatic heterocycles. The molecule has 0 radical (unpaired) electrons. The Morgan fingerprint density at radius 2 is 1.88 bits per heavy atom. The second kappa shape index (κ2) is 7.00. The lowest BCUT2D eigenvalue weighted by molar-refractivity contribution is -0.122. The van der Waals surface area contributed by atoms with E-state index in [1.807, 2.05) is 0 Å². The zero-order chi connectivity index (χ0) is 12.7. The zero-order valence-electron chi connectivity index (χ0n) is 11.4. The van der Waals surface area contributed by atoms with Gasteiger partial charge in [-0.15, -0.1) is 0 Å². The van der Waals surface area contributed by atoms with Gasteiger partial charge in [-0.2, -0.15) is 0 Å². The van der Waals surface area contributed by atoms with Crippen LogP contribution in [0.2, 0.25) is 0 Å². The Kier molecular flexibility index (Phi) is 5.96. The van der Waals surface area contributed by atoms with Gasteiger partial charge in [-0.25, -0.2) is 0 Å². The minimum Gasteiger partial charge on any atom is -0.353 e. The van der Waals surface area contributed by atoms with Crippen molar-refractivity contribution < 1.29 is 4.79 Å². The van der Waals surface area contributed by atoms with Crippen molar-refractivity contribution in [2.45, 2.75) is 71.3 Å². The molecular formula is C14H28N2O. The van der Waals surface area contributed by atoms with Crippen LogP contribution in [0.1, 0.15) is 65.2 Å². The van der Waals surface area contributed by atoms with E-state index in [-0.39, 0.29) is 11.3 Å². The molecule has 0 aromatic heterocycles. The first-order chi connectivity index (χ1) is 8.03. The van der Waals surface area contributed by atoms with Gasteiger partial charge in [-0.3, -0.25) is 4.79 Å². The number of carbonyl (C=O) groups excluding carboxylic acids is 1. The molecule has 0 heterocycles. The lowest BCUT2D eigenvalue weighted by Gasteiger charge is -2.25. The maximum Gasteiger partial charge on any atom is 0.220 e. The predicted octanol–water partition coefficient (Wildman–Crippen LogP) is 2.59. The largest absolute Gasteiger partial charge is 0.353 e. The van der Waals surface area contributed by atoms with Crippen molar-refractivity contribution in [3.8, 4) is 0 Å². The Morgan fingerprint density at radius 3 is 2.47 bits per heavy atom. The van der Waals surface area contributed by atoms with Gasteiger partial charge in [0.25, 0.3) is 0 Å². The first-order valence-electron chi connectivity index (χ1n) is 7.03. The topological polar surface area (TPSA) is 55.1 Å². The van der Waals surface area contributed by atoms with Gasteiger partial charge in [0.2, 0.25) is 5.91 Å². The fourth-order valence-corrected chi connectivity index (χ4v) is 2.51. The van der Waals surface area contributed by atoms with Crippen molar-refractivity contribution in [3.05, 3.63) is 0 Å². The number of hydrogen-bond donors (Lipinski definition) is 2. The molecule has 1 amide bonds. The smallest absolute Gasteiger partial charge is 0.220 e. The van der Waals surface area contributed by atoms with Crippen molar-refractivity contribution in [2.24, 2.45) is 11.1 Å². The van der Waals surface area contributed by atoms with Crippen LogP contribution >= 0.6 is 0 Å². The predicted molar refractivity (Wildman–Crippen MR) is 71.7 cm³/mol. The van der Waals surface area contributed by atoms with Crippen LogP contribution in [-0.2, 0) is 4.79 Å². The summed E-state index contributed by atoms with van der Waals surface area (Å²) in [5.74, 6) is 0.224. The van der Waals surface area contributed by atoms with Gasteiger partial charge in [0.1, 0.15) is 0 Å². The maximum absolute atomic E-state index is 11.8. The second-order valence-corrected chi connectivity index (χ2v) is 6.11. The Morgan fingerprint density at radius 1 is 1.24 bits per heavy atom. The van der Waals surface area contributed by atoms with Gasteiger partial charge >= 0.3 is 0 Å². The third-order valence-electron chi connectivity index (χ3n) is 3.82. The highest BCUT2D eigenvalue weighted by Gasteiger charge is 2.20. The van der Waals surface area contributed by atoms with E-state index in [2.05, 4.69) is 19.2 Å². The van der Waals surface area contributed by atoms with Crippen LogP contribution in [0.15, 0.2) is 0 Å². The minimum absolute atomic E-state index is 0.193. The van der Waals surface area contributed by atoms with E-state index < -0.39 is 0 Å². The van der Waals surface area contributed by atoms with Gasteiger partial charge in [-0.05, 0) is 37.6 Å². The SMILES string of the molecule is CC(C)(CCN)CCC(=O)NC1CCCCC1. The molecule has 3 N–H and O–H groups in total. The van der Waals surface area contributed by atoms with E-state index in [9.17, 15) is 4.79 Å². The fraction of sp³-hybridized carbons (Fsp3) is 0.929. The summed E-state index contributed by atoms with van der Waals surface area (Å²) in [4.78, 5) is 11.8. The van der Waals surface area contributed by atoms with Crippen molar-refractivity contribution in [1.29, 1.82) is 0 Å². The molecule has 100 valence electrons. The number of carbonyl (C=O) groups is 1. The molecule has 1 aliphatic carbocycles. The molecule has 1 fully saturated rings. The molecule has 0 atom stereocenters. The summed E-state index contributed by atoms with van der Waals surface area (Å²) in [5.41, 5.74) is 5.76. The molecular weight excluding hydrogens is 212 g/mol. The number of nitrogens with one attached hydrogen (secondary N) is 1. The molecule has 0 bridgehead atoms.